The van der Waals surface area contributed by atoms with Crippen molar-refractivity contribution in [2.24, 2.45) is 11.7 Å². The number of phenols is 1. The van der Waals surface area contributed by atoms with E-state index >= 15 is 0 Å². The number of likely N-dealkylation sites (tertiary alicyclic amines) is 1. The summed E-state index contributed by atoms with van der Waals surface area (Å²) in [4.78, 5) is 52.2. The second-order valence-corrected chi connectivity index (χ2v) is 10.5. The number of rotatable bonds is 13. The quantitative estimate of drug-likeness (QED) is 0.257. The molecule has 2 rings (SSSR count). The van der Waals surface area contributed by atoms with Crippen LogP contribution in [0, 0.1) is 5.92 Å². The Morgan fingerprint density at radius 2 is 1.81 bits per heavy atom. The summed E-state index contributed by atoms with van der Waals surface area (Å²) in [5.41, 5.74) is 6.95. The van der Waals surface area contributed by atoms with E-state index in [0.29, 0.717) is 31.6 Å². The second kappa shape index (κ2) is 14.1. The van der Waals surface area contributed by atoms with Crippen molar-refractivity contribution >= 4 is 35.5 Å². The van der Waals surface area contributed by atoms with Crippen molar-refractivity contribution in [1.82, 2.24) is 15.5 Å². The van der Waals surface area contributed by atoms with E-state index in [0.717, 1.165) is 5.56 Å². The molecule has 200 valence electrons. The van der Waals surface area contributed by atoms with E-state index in [9.17, 15) is 29.4 Å². The predicted octanol–water partition coefficient (Wildman–Crippen LogP) is 1.11. The van der Waals surface area contributed by atoms with Gasteiger partial charge in [0.25, 0.3) is 0 Å². The topological polar surface area (TPSA) is 162 Å². The third kappa shape index (κ3) is 8.70. The fourth-order valence-electron chi connectivity index (χ4n) is 4.23. The van der Waals surface area contributed by atoms with Gasteiger partial charge in [0.2, 0.25) is 17.7 Å². The molecule has 0 spiro atoms. The zero-order valence-corrected chi connectivity index (χ0v) is 21.9. The van der Waals surface area contributed by atoms with E-state index in [1.807, 2.05) is 20.1 Å². The molecule has 1 fully saturated rings. The van der Waals surface area contributed by atoms with E-state index in [1.54, 1.807) is 12.1 Å². The number of nitrogens with two attached hydrogens (primary N) is 1. The monoisotopic (exact) mass is 522 g/mol. The van der Waals surface area contributed by atoms with Crippen molar-refractivity contribution in [3.63, 3.8) is 0 Å². The molecule has 0 aromatic heterocycles. The maximum absolute atomic E-state index is 13.2. The highest BCUT2D eigenvalue weighted by atomic mass is 32.2. The Kier molecular flexibility index (Phi) is 11.5. The van der Waals surface area contributed by atoms with Crippen molar-refractivity contribution in [3.8, 4) is 5.75 Å². The first-order chi connectivity index (χ1) is 17.0. The number of phenolic OH excluding ortho intramolecular Hbond substituents is 1. The van der Waals surface area contributed by atoms with Gasteiger partial charge in [0, 0.05) is 6.54 Å². The molecule has 1 heterocycles. The number of carboxylic acid groups (broad SMARTS) is 1. The molecule has 1 aliphatic heterocycles. The summed E-state index contributed by atoms with van der Waals surface area (Å²) in [7, 11) is 0. The Labute approximate surface area is 216 Å². The van der Waals surface area contributed by atoms with Gasteiger partial charge in [-0.1, -0.05) is 26.0 Å². The molecular weight excluding hydrogens is 484 g/mol. The summed E-state index contributed by atoms with van der Waals surface area (Å²) in [5.74, 6) is -1.72. The van der Waals surface area contributed by atoms with Crippen LogP contribution >= 0.6 is 11.8 Å². The highest BCUT2D eigenvalue weighted by Gasteiger charge is 2.38. The summed E-state index contributed by atoms with van der Waals surface area (Å²) in [6.45, 7) is 4.20. The summed E-state index contributed by atoms with van der Waals surface area (Å²) < 4.78 is 0. The Bertz CT molecular complexity index is 910. The SMILES string of the molecule is CSCCC(NC(=O)C(CC(C)C)NC(=O)C1CCCN1C(=O)C(N)Cc1ccc(O)cc1)C(=O)O. The van der Waals surface area contributed by atoms with Crippen LogP contribution in [0.25, 0.3) is 0 Å². The van der Waals surface area contributed by atoms with Crippen LogP contribution < -0.4 is 16.4 Å². The number of carbonyl (C=O) groups is 4. The minimum atomic E-state index is -1.12. The summed E-state index contributed by atoms with van der Waals surface area (Å²) >= 11 is 1.48. The number of nitrogens with zero attached hydrogens (tertiary/aromatic N) is 1. The van der Waals surface area contributed by atoms with Crippen LogP contribution in [-0.4, -0.2) is 81.5 Å². The number of carboxylic acids is 1. The molecule has 0 aliphatic carbocycles. The van der Waals surface area contributed by atoms with Crippen molar-refractivity contribution in [2.45, 2.75) is 70.1 Å². The Morgan fingerprint density at radius 1 is 1.14 bits per heavy atom. The van der Waals surface area contributed by atoms with Gasteiger partial charge < -0.3 is 31.5 Å². The molecule has 1 aliphatic rings. The molecule has 1 aromatic rings. The lowest BCUT2D eigenvalue weighted by atomic mass is 10.0. The lowest BCUT2D eigenvalue weighted by Crippen LogP contribution is -2.57. The average molecular weight is 523 g/mol. The normalized spacial score (nSPS) is 17.9. The molecule has 6 N–H and O–H groups in total. The molecule has 3 amide bonds. The smallest absolute Gasteiger partial charge is 0.326 e. The molecular formula is C25H38N4O6S. The third-order valence-corrected chi connectivity index (χ3v) is 6.76. The number of carbonyl (C=O) groups excluding carboxylic acids is 3. The van der Waals surface area contributed by atoms with Gasteiger partial charge in [0.15, 0.2) is 0 Å². The molecule has 1 aromatic carbocycles. The van der Waals surface area contributed by atoms with Crippen molar-refractivity contribution < 1.29 is 29.4 Å². The maximum Gasteiger partial charge on any atom is 0.326 e. The molecule has 0 saturated carbocycles. The summed E-state index contributed by atoms with van der Waals surface area (Å²) in [6.07, 6.45) is 3.79. The Hall–Kier alpha value is -2.79. The number of hydrogen-bond acceptors (Lipinski definition) is 7. The van der Waals surface area contributed by atoms with Crippen LogP contribution in [-0.2, 0) is 25.6 Å². The van der Waals surface area contributed by atoms with Crippen LogP contribution in [0.15, 0.2) is 24.3 Å². The van der Waals surface area contributed by atoms with Crippen molar-refractivity contribution in [1.29, 1.82) is 0 Å². The standard InChI is InChI=1S/C25H38N4O6S/c1-15(2)13-20(22(31)27-19(25(34)35)10-12-36-3)28-23(32)21-5-4-11-29(21)24(33)18(26)14-16-6-8-17(30)9-7-16/h6-9,15,18-21,30H,4-5,10-14,26H2,1-3H3,(H,27,31)(H,28,32)(H,34,35). The van der Waals surface area contributed by atoms with Crippen LogP contribution in [0.2, 0.25) is 0 Å². The zero-order valence-electron chi connectivity index (χ0n) is 21.1. The van der Waals surface area contributed by atoms with E-state index in [2.05, 4.69) is 10.6 Å². The molecule has 4 atom stereocenters. The average Bonchev–Trinajstić information content (AvgIpc) is 3.31. The fraction of sp³-hybridized carbons (Fsp3) is 0.600. The molecule has 1 saturated heterocycles. The van der Waals surface area contributed by atoms with E-state index < -0.39 is 42.0 Å². The molecule has 0 radical (unpaired) electrons. The van der Waals surface area contributed by atoms with E-state index in [-0.39, 0.29) is 30.4 Å². The summed E-state index contributed by atoms with van der Waals surface area (Å²) in [6, 6.07) is 2.85. The number of nitrogens with one attached hydrogen (secondary N) is 2. The Balaban J connectivity index is 2.06. The number of amides is 3. The second-order valence-electron chi connectivity index (χ2n) is 9.54. The van der Waals surface area contributed by atoms with Gasteiger partial charge in [-0.05, 0) is 67.7 Å². The minimum absolute atomic E-state index is 0.0653. The van der Waals surface area contributed by atoms with Crippen LogP contribution in [0.5, 0.6) is 5.75 Å². The molecule has 36 heavy (non-hydrogen) atoms. The zero-order chi connectivity index (χ0) is 26.8. The lowest BCUT2D eigenvalue weighted by molar-refractivity contribution is -0.143. The van der Waals surface area contributed by atoms with Gasteiger partial charge >= 0.3 is 5.97 Å². The number of benzene rings is 1. The van der Waals surface area contributed by atoms with Crippen LogP contribution in [0.3, 0.4) is 0 Å². The third-order valence-electron chi connectivity index (χ3n) is 6.11. The van der Waals surface area contributed by atoms with Gasteiger partial charge in [-0.2, -0.15) is 11.8 Å². The highest BCUT2D eigenvalue weighted by Crippen LogP contribution is 2.20. The molecule has 4 unspecified atom stereocenters. The van der Waals surface area contributed by atoms with Gasteiger partial charge in [0.05, 0.1) is 6.04 Å². The number of hydrogen-bond donors (Lipinski definition) is 5. The van der Waals surface area contributed by atoms with Crippen molar-refractivity contribution in [3.05, 3.63) is 29.8 Å². The number of aliphatic carboxylic acids is 1. The van der Waals surface area contributed by atoms with Crippen molar-refractivity contribution in [2.75, 3.05) is 18.6 Å². The van der Waals surface area contributed by atoms with E-state index in [4.69, 9.17) is 5.73 Å². The maximum atomic E-state index is 13.2. The first-order valence-corrected chi connectivity index (χ1v) is 13.6. The Morgan fingerprint density at radius 3 is 2.39 bits per heavy atom. The van der Waals surface area contributed by atoms with Gasteiger partial charge in [-0.15, -0.1) is 0 Å². The summed E-state index contributed by atoms with van der Waals surface area (Å²) in [5, 5.41) is 24.2. The number of thioether (sulfide) groups is 1. The van der Waals surface area contributed by atoms with Crippen LogP contribution in [0.4, 0.5) is 0 Å². The largest absolute Gasteiger partial charge is 0.508 e. The molecule has 10 nitrogen and oxygen atoms in total. The highest BCUT2D eigenvalue weighted by molar-refractivity contribution is 7.98. The first kappa shape index (κ1) is 29.4. The molecule has 0 bridgehead atoms. The number of aromatic hydroxyl groups is 1. The fourth-order valence-corrected chi connectivity index (χ4v) is 4.70. The minimum Gasteiger partial charge on any atom is -0.508 e. The lowest BCUT2D eigenvalue weighted by Gasteiger charge is -2.29. The van der Waals surface area contributed by atoms with Gasteiger partial charge in [-0.25, -0.2) is 4.79 Å². The van der Waals surface area contributed by atoms with Crippen LogP contribution in [0.1, 0.15) is 45.1 Å². The first-order valence-electron chi connectivity index (χ1n) is 12.2. The van der Waals surface area contributed by atoms with E-state index in [1.165, 1.54) is 28.8 Å². The van der Waals surface area contributed by atoms with Gasteiger partial charge in [-0.3, -0.25) is 14.4 Å². The predicted molar refractivity (Wildman–Crippen MR) is 138 cm³/mol. The van der Waals surface area contributed by atoms with Gasteiger partial charge in [0.1, 0.15) is 23.9 Å². The molecule has 11 heteroatoms.